The fourth-order valence-corrected chi connectivity index (χ4v) is 3.10. The van der Waals surface area contributed by atoms with Crippen LogP contribution in [0.15, 0.2) is 40.8 Å². The fourth-order valence-electron chi connectivity index (χ4n) is 3.10. The van der Waals surface area contributed by atoms with Crippen molar-refractivity contribution < 1.29 is 13.9 Å². The number of imidazole rings is 1. The number of aromatic nitrogens is 3. The highest BCUT2D eigenvalue weighted by molar-refractivity contribution is 5.94. The number of hydrogen-bond donors (Lipinski definition) is 1. The molecule has 2 heterocycles. The van der Waals surface area contributed by atoms with E-state index in [0.717, 1.165) is 16.6 Å². The van der Waals surface area contributed by atoms with Crippen molar-refractivity contribution in [2.24, 2.45) is 7.05 Å². The molecular formula is C21H22N4O3. The van der Waals surface area contributed by atoms with Crippen molar-refractivity contribution in [3.63, 3.8) is 0 Å². The quantitative estimate of drug-likeness (QED) is 0.504. The van der Waals surface area contributed by atoms with Crippen LogP contribution in [0.4, 0.5) is 12.0 Å². The highest BCUT2D eigenvalue weighted by Crippen LogP contribution is 2.27. The maximum atomic E-state index is 11.9. The summed E-state index contributed by atoms with van der Waals surface area (Å²) in [4.78, 5) is 21.0. The molecule has 0 aliphatic carbocycles. The number of carbonyl (C=O) groups excluding carboxylic acids is 1. The van der Waals surface area contributed by atoms with Crippen LogP contribution in [0.5, 0.6) is 0 Å². The summed E-state index contributed by atoms with van der Waals surface area (Å²) in [6.45, 7) is 6.40. The minimum absolute atomic E-state index is 0.335. The molecule has 144 valence electrons. The number of aryl methyl sites for hydroxylation is 1. The lowest BCUT2D eigenvalue weighted by molar-refractivity contribution is 0.0526. The molecule has 0 fully saturated rings. The molecular weight excluding hydrogens is 356 g/mol. The van der Waals surface area contributed by atoms with Gasteiger partial charge in [0.2, 0.25) is 5.95 Å². The Hall–Kier alpha value is -3.35. The first-order valence-electron chi connectivity index (χ1n) is 9.27. The van der Waals surface area contributed by atoms with Crippen LogP contribution in [0.2, 0.25) is 0 Å². The van der Waals surface area contributed by atoms with Gasteiger partial charge in [-0.15, -0.1) is 0 Å². The first-order valence-corrected chi connectivity index (χ1v) is 9.27. The van der Waals surface area contributed by atoms with Crippen molar-refractivity contribution in [3.05, 3.63) is 47.5 Å². The average Bonchev–Trinajstić information content (AvgIpc) is 3.21. The van der Waals surface area contributed by atoms with Gasteiger partial charge in [-0.2, -0.15) is 4.98 Å². The Morgan fingerprint density at radius 2 is 2.00 bits per heavy atom. The van der Waals surface area contributed by atoms with E-state index in [2.05, 4.69) is 35.2 Å². The number of oxazole rings is 1. The number of nitrogens with zero attached hydrogens (tertiary/aromatic N) is 3. The van der Waals surface area contributed by atoms with Gasteiger partial charge in [-0.1, -0.05) is 19.9 Å². The molecule has 0 unspecified atom stereocenters. The summed E-state index contributed by atoms with van der Waals surface area (Å²) >= 11 is 0. The molecule has 1 N–H and O–H groups in total. The van der Waals surface area contributed by atoms with E-state index < -0.39 is 0 Å². The van der Waals surface area contributed by atoms with Crippen molar-refractivity contribution in [1.29, 1.82) is 0 Å². The second-order valence-electron chi connectivity index (χ2n) is 6.94. The van der Waals surface area contributed by atoms with Crippen LogP contribution in [0.25, 0.3) is 22.1 Å². The molecule has 7 heteroatoms. The number of carbonyl (C=O) groups is 1. The predicted molar refractivity (Wildman–Crippen MR) is 108 cm³/mol. The maximum Gasteiger partial charge on any atom is 0.338 e. The third-order valence-electron chi connectivity index (χ3n) is 4.69. The molecule has 0 saturated carbocycles. The lowest BCUT2D eigenvalue weighted by Gasteiger charge is -2.03. The number of benzene rings is 2. The van der Waals surface area contributed by atoms with Crippen LogP contribution >= 0.6 is 0 Å². The van der Waals surface area contributed by atoms with Crippen molar-refractivity contribution >= 4 is 40.1 Å². The van der Waals surface area contributed by atoms with E-state index in [-0.39, 0.29) is 5.97 Å². The molecule has 2 aromatic heterocycles. The summed E-state index contributed by atoms with van der Waals surface area (Å²) < 4.78 is 12.8. The normalized spacial score (nSPS) is 11.5. The molecule has 0 spiro atoms. The molecule has 0 radical (unpaired) electrons. The molecule has 0 saturated heterocycles. The molecule has 0 bridgehead atoms. The van der Waals surface area contributed by atoms with Gasteiger partial charge in [-0.25, -0.2) is 9.78 Å². The van der Waals surface area contributed by atoms with Crippen LogP contribution in [0, 0.1) is 0 Å². The van der Waals surface area contributed by atoms with Gasteiger partial charge in [0, 0.05) is 7.05 Å². The van der Waals surface area contributed by atoms with E-state index in [4.69, 9.17) is 9.15 Å². The van der Waals surface area contributed by atoms with Crippen LogP contribution < -0.4 is 5.32 Å². The monoisotopic (exact) mass is 378 g/mol. The number of hydrogen-bond acceptors (Lipinski definition) is 6. The molecule has 4 aromatic rings. The zero-order valence-electron chi connectivity index (χ0n) is 16.3. The lowest BCUT2D eigenvalue weighted by atomic mass is 10.0. The highest BCUT2D eigenvalue weighted by atomic mass is 16.5. The smallest absolute Gasteiger partial charge is 0.338 e. The van der Waals surface area contributed by atoms with Gasteiger partial charge >= 0.3 is 12.0 Å². The standard InChI is InChI=1S/C21H22N4O3/c1-5-27-19(26)14-7-9-17-16(10-14)22-20(25(17)4)24-21-23-15-8-6-13(12(2)3)11-18(15)28-21/h6-12H,5H2,1-4H3,(H,22,23,24). The molecule has 0 amide bonds. The third kappa shape index (κ3) is 3.19. The molecule has 28 heavy (non-hydrogen) atoms. The Bertz CT molecular complexity index is 1170. The van der Waals surface area contributed by atoms with E-state index in [0.29, 0.717) is 35.6 Å². The number of anilines is 2. The minimum Gasteiger partial charge on any atom is -0.462 e. The van der Waals surface area contributed by atoms with Crippen LogP contribution in [-0.2, 0) is 11.8 Å². The van der Waals surface area contributed by atoms with Crippen molar-refractivity contribution in [3.8, 4) is 0 Å². The molecule has 4 rings (SSSR count). The number of rotatable bonds is 5. The Labute approximate surface area is 162 Å². The SMILES string of the molecule is CCOC(=O)c1ccc2c(c1)nc(Nc1nc3ccc(C(C)C)cc3o1)n2C. The maximum absolute atomic E-state index is 11.9. The molecule has 2 aromatic carbocycles. The molecule has 0 aliphatic rings. The summed E-state index contributed by atoms with van der Waals surface area (Å²) in [5, 5.41) is 3.13. The zero-order chi connectivity index (χ0) is 19.8. The number of ether oxygens (including phenoxy) is 1. The molecule has 7 nitrogen and oxygen atoms in total. The van der Waals surface area contributed by atoms with E-state index >= 15 is 0 Å². The first kappa shape index (κ1) is 18.0. The number of esters is 1. The van der Waals surface area contributed by atoms with Crippen LogP contribution in [-0.4, -0.2) is 27.1 Å². The topological polar surface area (TPSA) is 82.2 Å². The highest BCUT2D eigenvalue weighted by Gasteiger charge is 2.15. The summed E-state index contributed by atoms with van der Waals surface area (Å²) in [5.41, 5.74) is 4.77. The summed E-state index contributed by atoms with van der Waals surface area (Å²) in [7, 11) is 1.89. The van der Waals surface area contributed by atoms with Gasteiger partial charge in [0.1, 0.15) is 5.52 Å². The zero-order valence-corrected chi connectivity index (χ0v) is 16.3. The van der Waals surface area contributed by atoms with Gasteiger partial charge < -0.3 is 13.7 Å². The Kier molecular flexibility index (Phi) is 4.50. The van der Waals surface area contributed by atoms with Gasteiger partial charge in [0.25, 0.3) is 0 Å². The summed E-state index contributed by atoms with van der Waals surface area (Å²) in [6, 6.07) is 11.7. The number of fused-ring (bicyclic) bond motifs is 2. The van der Waals surface area contributed by atoms with Gasteiger partial charge in [0.05, 0.1) is 23.2 Å². The van der Waals surface area contributed by atoms with Crippen molar-refractivity contribution in [1.82, 2.24) is 14.5 Å². The Morgan fingerprint density at radius 3 is 2.75 bits per heavy atom. The van der Waals surface area contributed by atoms with Crippen LogP contribution in [0.1, 0.15) is 42.6 Å². The predicted octanol–water partition coefficient (Wildman–Crippen LogP) is 4.76. The van der Waals surface area contributed by atoms with E-state index in [9.17, 15) is 4.79 Å². The largest absolute Gasteiger partial charge is 0.462 e. The van der Waals surface area contributed by atoms with Gasteiger partial charge in [-0.3, -0.25) is 5.32 Å². The summed E-state index contributed by atoms with van der Waals surface area (Å²) in [5.74, 6) is 0.635. The second-order valence-corrected chi connectivity index (χ2v) is 6.94. The molecule has 0 atom stereocenters. The van der Waals surface area contributed by atoms with Gasteiger partial charge in [-0.05, 0) is 48.7 Å². The lowest BCUT2D eigenvalue weighted by Crippen LogP contribution is -2.04. The minimum atomic E-state index is -0.357. The second kappa shape index (κ2) is 6.99. The van der Waals surface area contributed by atoms with Crippen LogP contribution in [0.3, 0.4) is 0 Å². The Balaban J connectivity index is 1.66. The van der Waals surface area contributed by atoms with Crippen molar-refractivity contribution in [2.45, 2.75) is 26.7 Å². The first-order chi connectivity index (χ1) is 13.5. The number of nitrogens with one attached hydrogen (secondary N) is 1. The van der Waals surface area contributed by atoms with E-state index in [1.165, 1.54) is 5.56 Å². The molecule has 0 aliphatic heterocycles. The third-order valence-corrected chi connectivity index (χ3v) is 4.69. The van der Waals surface area contributed by atoms with E-state index in [1.54, 1.807) is 19.1 Å². The van der Waals surface area contributed by atoms with E-state index in [1.807, 2.05) is 29.8 Å². The Morgan fingerprint density at radius 1 is 1.18 bits per heavy atom. The van der Waals surface area contributed by atoms with Crippen molar-refractivity contribution in [2.75, 3.05) is 11.9 Å². The average molecular weight is 378 g/mol. The van der Waals surface area contributed by atoms with Gasteiger partial charge in [0.15, 0.2) is 5.58 Å². The summed E-state index contributed by atoms with van der Waals surface area (Å²) in [6.07, 6.45) is 0. The fraction of sp³-hybridized carbons (Fsp3) is 0.286.